The Morgan fingerprint density at radius 1 is 1.45 bits per heavy atom. The highest BCUT2D eigenvalue weighted by Crippen LogP contribution is 2.19. The van der Waals surface area contributed by atoms with E-state index in [9.17, 15) is 0 Å². The molecule has 60 valence electrons. The lowest BCUT2D eigenvalue weighted by molar-refractivity contribution is 0.710. The fraction of sp³-hybridized carbons (Fsp3) is 0.600. The molecule has 0 aromatic rings. The van der Waals surface area contributed by atoms with Crippen molar-refractivity contribution in [3.63, 3.8) is 0 Å². The van der Waals surface area contributed by atoms with Gasteiger partial charge >= 0.3 is 0 Å². The number of nitrogens with one attached hydrogen (secondary N) is 1. The van der Waals surface area contributed by atoms with Crippen molar-refractivity contribution >= 4 is 0 Å². The van der Waals surface area contributed by atoms with Gasteiger partial charge in [-0.15, -0.1) is 0 Å². The lowest BCUT2D eigenvalue weighted by Crippen LogP contribution is -2.19. The Morgan fingerprint density at radius 2 is 2.36 bits per heavy atom. The van der Waals surface area contributed by atoms with E-state index < -0.39 is 0 Å². The minimum absolute atomic E-state index is 0.849. The monoisotopic (exact) mass is 149 g/mol. The van der Waals surface area contributed by atoms with Gasteiger partial charge in [0.25, 0.3) is 0 Å². The average Bonchev–Trinajstić information content (AvgIpc) is 2.86. The molecular formula is C10H15N. The van der Waals surface area contributed by atoms with E-state index in [0.717, 1.165) is 12.6 Å². The highest BCUT2D eigenvalue weighted by molar-refractivity contribution is 5.18. The zero-order chi connectivity index (χ0) is 7.52. The van der Waals surface area contributed by atoms with Crippen molar-refractivity contribution in [3.05, 3.63) is 23.8 Å². The fourth-order valence-corrected chi connectivity index (χ4v) is 1.36. The Bertz CT molecular complexity index is 187. The highest BCUT2D eigenvalue weighted by atomic mass is 14.9. The molecule has 1 fully saturated rings. The van der Waals surface area contributed by atoms with Crippen LogP contribution in [0.15, 0.2) is 23.8 Å². The van der Waals surface area contributed by atoms with E-state index in [0.29, 0.717) is 0 Å². The largest absolute Gasteiger partial charge is 0.310 e. The van der Waals surface area contributed by atoms with Crippen LogP contribution in [-0.2, 0) is 0 Å². The van der Waals surface area contributed by atoms with Crippen LogP contribution in [0.3, 0.4) is 0 Å². The van der Waals surface area contributed by atoms with Gasteiger partial charge in [-0.3, -0.25) is 0 Å². The first kappa shape index (κ1) is 7.11. The van der Waals surface area contributed by atoms with Gasteiger partial charge in [-0.1, -0.05) is 23.8 Å². The lowest BCUT2D eigenvalue weighted by Gasteiger charge is -2.08. The first-order valence-electron chi connectivity index (χ1n) is 4.53. The second-order valence-corrected chi connectivity index (χ2v) is 3.45. The SMILES string of the molecule is C1=CCCC(CNC2CC2)=C1. The van der Waals surface area contributed by atoms with Crippen molar-refractivity contribution < 1.29 is 0 Å². The molecule has 11 heavy (non-hydrogen) atoms. The molecule has 2 aliphatic rings. The molecule has 2 aliphatic carbocycles. The molecule has 0 spiro atoms. The molecule has 0 bridgehead atoms. The van der Waals surface area contributed by atoms with Crippen molar-refractivity contribution in [3.8, 4) is 0 Å². The van der Waals surface area contributed by atoms with Crippen LogP contribution in [0.5, 0.6) is 0 Å². The van der Waals surface area contributed by atoms with E-state index in [2.05, 4.69) is 23.5 Å². The molecule has 2 rings (SSSR count). The number of rotatable bonds is 3. The van der Waals surface area contributed by atoms with Crippen molar-refractivity contribution in [2.75, 3.05) is 6.54 Å². The molecule has 0 aliphatic heterocycles. The molecule has 1 N–H and O–H groups in total. The maximum absolute atomic E-state index is 3.52. The second-order valence-electron chi connectivity index (χ2n) is 3.45. The van der Waals surface area contributed by atoms with Gasteiger partial charge in [-0.2, -0.15) is 0 Å². The maximum Gasteiger partial charge on any atom is 0.0170 e. The van der Waals surface area contributed by atoms with E-state index in [1.165, 1.54) is 25.7 Å². The summed E-state index contributed by atoms with van der Waals surface area (Å²) in [4.78, 5) is 0. The summed E-state index contributed by atoms with van der Waals surface area (Å²) in [6.07, 6.45) is 11.9. The van der Waals surface area contributed by atoms with E-state index in [-0.39, 0.29) is 0 Å². The molecule has 0 atom stereocenters. The maximum atomic E-state index is 3.52. The van der Waals surface area contributed by atoms with Crippen LogP contribution in [0.2, 0.25) is 0 Å². The van der Waals surface area contributed by atoms with Gasteiger partial charge in [0, 0.05) is 12.6 Å². The topological polar surface area (TPSA) is 12.0 Å². The van der Waals surface area contributed by atoms with Gasteiger partial charge in [0.2, 0.25) is 0 Å². The summed E-state index contributed by atoms with van der Waals surface area (Å²) in [6.45, 7) is 1.12. The van der Waals surface area contributed by atoms with Crippen molar-refractivity contribution in [1.82, 2.24) is 5.32 Å². The first-order chi connectivity index (χ1) is 5.45. The average molecular weight is 149 g/mol. The van der Waals surface area contributed by atoms with Gasteiger partial charge < -0.3 is 5.32 Å². The van der Waals surface area contributed by atoms with Gasteiger partial charge in [-0.05, 0) is 25.7 Å². The fourth-order valence-electron chi connectivity index (χ4n) is 1.36. The van der Waals surface area contributed by atoms with E-state index in [1.807, 2.05) is 0 Å². The smallest absolute Gasteiger partial charge is 0.0170 e. The molecule has 0 radical (unpaired) electrons. The number of hydrogen-bond acceptors (Lipinski definition) is 1. The summed E-state index contributed by atoms with van der Waals surface area (Å²) >= 11 is 0. The van der Waals surface area contributed by atoms with Crippen LogP contribution >= 0.6 is 0 Å². The number of allylic oxidation sites excluding steroid dienone is 3. The van der Waals surface area contributed by atoms with Gasteiger partial charge in [0.15, 0.2) is 0 Å². The van der Waals surface area contributed by atoms with Crippen LogP contribution in [0.25, 0.3) is 0 Å². The van der Waals surface area contributed by atoms with Crippen molar-refractivity contribution in [2.45, 2.75) is 31.7 Å². The minimum atomic E-state index is 0.849. The highest BCUT2D eigenvalue weighted by Gasteiger charge is 2.20. The minimum Gasteiger partial charge on any atom is -0.310 e. The molecule has 0 saturated heterocycles. The molecule has 0 aromatic carbocycles. The summed E-state index contributed by atoms with van der Waals surface area (Å²) in [5.74, 6) is 0. The molecule has 0 amide bonds. The summed E-state index contributed by atoms with van der Waals surface area (Å²) < 4.78 is 0. The lowest BCUT2D eigenvalue weighted by atomic mass is 10.1. The molecule has 0 unspecified atom stereocenters. The van der Waals surface area contributed by atoms with Gasteiger partial charge in [0.05, 0.1) is 0 Å². The summed E-state index contributed by atoms with van der Waals surface area (Å²) in [5.41, 5.74) is 1.57. The Kier molecular flexibility index (Phi) is 2.08. The Hall–Kier alpha value is -0.560. The zero-order valence-electron chi connectivity index (χ0n) is 6.84. The summed E-state index contributed by atoms with van der Waals surface area (Å²) in [7, 11) is 0. The van der Waals surface area contributed by atoms with Gasteiger partial charge in [-0.25, -0.2) is 0 Å². The zero-order valence-corrected chi connectivity index (χ0v) is 6.84. The van der Waals surface area contributed by atoms with Crippen LogP contribution in [0, 0.1) is 0 Å². The second kappa shape index (κ2) is 3.22. The normalized spacial score (nSPS) is 23.5. The number of hydrogen-bond donors (Lipinski definition) is 1. The van der Waals surface area contributed by atoms with E-state index in [4.69, 9.17) is 0 Å². The summed E-state index contributed by atoms with van der Waals surface area (Å²) in [5, 5.41) is 3.52. The molecule has 0 aromatic heterocycles. The van der Waals surface area contributed by atoms with Gasteiger partial charge in [0.1, 0.15) is 0 Å². The van der Waals surface area contributed by atoms with Crippen molar-refractivity contribution in [2.24, 2.45) is 0 Å². The third kappa shape index (κ3) is 2.19. The van der Waals surface area contributed by atoms with Crippen molar-refractivity contribution in [1.29, 1.82) is 0 Å². The third-order valence-corrected chi connectivity index (χ3v) is 2.30. The molecule has 1 nitrogen and oxygen atoms in total. The summed E-state index contributed by atoms with van der Waals surface area (Å²) in [6, 6.07) is 0.849. The Labute approximate surface area is 68.2 Å². The Morgan fingerprint density at radius 3 is 3.00 bits per heavy atom. The van der Waals surface area contributed by atoms with Crippen LogP contribution in [-0.4, -0.2) is 12.6 Å². The molecule has 0 heterocycles. The van der Waals surface area contributed by atoms with Crippen LogP contribution in [0.4, 0.5) is 0 Å². The van der Waals surface area contributed by atoms with E-state index >= 15 is 0 Å². The predicted molar refractivity (Wildman–Crippen MR) is 47.5 cm³/mol. The quantitative estimate of drug-likeness (QED) is 0.647. The van der Waals surface area contributed by atoms with E-state index in [1.54, 1.807) is 5.57 Å². The predicted octanol–water partition coefficient (Wildman–Crippen LogP) is 2.01. The molecule has 1 saturated carbocycles. The molecule has 1 heteroatoms. The molecular weight excluding hydrogens is 134 g/mol. The Balaban J connectivity index is 1.75. The first-order valence-corrected chi connectivity index (χ1v) is 4.53. The third-order valence-electron chi connectivity index (χ3n) is 2.30. The van der Waals surface area contributed by atoms with Crippen LogP contribution in [0.1, 0.15) is 25.7 Å². The van der Waals surface area contributed by atoms with Crippen LogP contribution < -0.4 is 5.32 Å². The standard InChI is InChI=1S/C10H15N/c1-2-4-9(5-3-1)8-11-10-6-7-10/h1-2,4,10-11H,3,5-8H2.